The summed E-state index contributed by atoms with van der Waals surface area (Å²) in [6, 6.07) is 7.81. The maximum absolute atomic E-state index is 5.88. The van der Waals surface area contributed by atoms with Crippen molar-refractivity contribution >= 4 is 15.9 Å². The normalized spacial score (nSPS) is 10.5. The zero-order valence-electron chi connectivity index (χ0n) is 11.4. The predicted octanol–water partition coefficient (Wildman–Crippen LogP) is 4.60. The zero-order chi connectivity index (χ0) is 13.8. The van der Waals surface area contributed by atoms with E-state index in [2.05, 4.69) is 45.8 Å². The van der Waals surface area contributed by atoms with Crippen LogP contribution >= 0.6 is 15.9 Å². The maximum Gasteiger partial charge on any atom is 0.223 e. The van der Waals surface area contributed by atoms with E-state index in [1.54, 1.807) is 6.07 Å². The number of ether oxygens (including phenoxy) is 1. The van der Waals surface area contributed by atoms with Crippen LogP contribution in [0.25, 0.3) is 0 Å². The van der Waals surface area contributed by atoms with Gasteiger partial charge in [-0.3, -0.25) is 0 Å². The fraction of sp³-hybridized carbons (Fsp3) is 0.333. The number of hydrogen-bond donors (Lipinski definition) is 0. The van der Waals surface area contributed by atoms with Crippen molar-refractivity contribution in [1.29, 1.82) is 0 Å². The number of aromatic nitrogens is 2. The molecule has 2 rings (SSSR count). The van der Waals surface area contributed by atoms with E-state index in [-0.39, 0.29) is 0 Å². The Morgan fingerprint density at radius 3 is 2.74 bits per heavy atom. The van der Waals surface area contributed by atoms with Crippen molar-refractivity contribution < 1.29 is 4.74 Å². The molecule has 0 saturated heterocycles. The molecule has 1 aromatic heterocycles. The summed E-state index contributed by atoms with van der Waals surface area (Å²) >= 11 is 3.40. The second-order valence-corrected chi connectivity index (χ2v) is 5.31. The molecule has 0 N–H and O–H groups in total. The van der Waals surface area contributed by atoms with E-state index >= 15 is 0 Å². The number of aryl methyl sites for hydroxylation is 2. The van der Waals surface area contributed by atoms with E-state index < -0.39 is 0 Å². The van der Waals surface area contributed by atoms with Crippen molar-refractivity contribution in [3.63, 3.8) is 0 Å². The van der Waals surface area contributed by atoms with Crippen LogP contribution in [0.4, 0.5) is 0 Å². The van der Waals surface area contributed by atoms with E-state index in [4.69, 9.17) is 4.74 Å². The molecule has 0 aliphatic rings. The Morgan fingerprint density at radius 1 is 1.21 bits per heavy atom. The Labute approximate surface area is 122 Å². The van der Waals surface area contributed by atoms with E-state index in [1.807, 2.05) is 19.1 Å². The highest BCUT2D eigenvalue weighted by atomic mass is 79.9. The predicted molar refractivity (Wildman–Crippen MR) is 79.7 cm³/mol. The van der Waals surface area contributed by atoms with E-state index in [0.29, 0.717) is 5.88 Å². The Hall–Kier alpha value is -1.42. The van der Waals surface area contributed by atoms with Gasteiger partial charge in [0.1, 0.15) is 16.2 Å². The highest BCUT2D eigenvalue weighted by molar-refractivity contribution is 9.10. The summed E-state index contributed by atoms with van der Waals surface area (Å²) < 4.78 is 6.63. The van der Waals surface area contributed by atoms with Crippen molar-refractivity contribution in [2.24, 2.45) is 0 Å². The fourth-order valence-corrected chi connectivity index (χ4v) is 2.18. The first-order valence-corrected chi connectivity index (χ1v) is 7.17. The van der Waals surface area contributed by atoms with Gasteiger partial charge >= 0.3 is 0 Å². The summed E-state index contributed by atoms with van der Waals surface area (Å²) in [6.07, 6.45) is 1.86. The van der Waals surface area contributed by atoms with Crippen molar-refractivity contribution in [3.05, 3.63) is 45.8 Å². The highest BCUT2D eigenvalue weighted by Crippen LogP contribution is 2.27. The molecule has 0 aliphatic heterocycles. The van der Waals surface area contributed by atoms with Gasteiger partial charge in [0.2, 0.25) is 5.88 Å². The molecule has 0 amide bonds. The van der Waals surface area contributed by atoms with Crippen LogP contribution in [0.15, 0.2) is 28.9 Å². The Morgan fingerprint density at radius 2 is 2.00 bits per heavy atom. The lowest BCUT2D eigenvalue weighted by Gasteiger charge is -2.10. The average Bonchev–Trinajstić information content (AvgIpc) is 2.35. The van der Waals surface area contributed by atoms with Crippen molar-refractivity contribution in [1.82, 2.24) is 9.97 Å². The molecule has 0 radical (unpaired) electrons. The monoisotopic (exact) mass is 320 g/mol. The molecule has 19 heavy (non-hydrogen) atoms. The lowest BCUT2D eigenvalue weighted by molar-refractivity contribution is 0.453. The number of halogens is 1. The van der Waals surface area contributed by atoms with E-state index in [9.17, 15) is 0 Å². The molecule has 0 saturated carbocycles. The van der Waals surface area contributed by atoms with Crippen LogP contribution in [0, 0.1) is 13.8 Å². The van der Waals surface area contributed by atoms with Gasteiger partial charge in [0.15, 0.2) is 0 Å². The van der Waals surface area contributed by atoms with Crippen LogP contribution < -0.4 is 4.74 Å². The third-order valence-electron chi connectivity index (χ3n) is 2.96. The van der Waals surface area contributed by atoms with Crippen molar-refractivity contribution in [2.75, 3.05) is 0 Å². The minimum absolute atomic E-state index is 0.582. The number of nitrogens with zero attached hydrogens (tertiary/aromatic N) is 2. The standard InChI is InChI=1S/C15H17BrN2O/c1-4-6-14-17-13(16)9-15(18-14)19-12-8-5-7-10(2)11(12)3/h5,7-9H,4,6H2,1-3H3. The Balaban J connectivity index is 2.30. The van der Waals surface area contributed by atoms with Gasteiger partial charge < -0.3 is 4.74 Å². The molecule has 0 aliphatic carbocycles. The lowest BCUT2D eigenvalue weighted by Crippen LogP contribution is -1.98. The SMILES string of the molecule is CCCc1nc(Br)cc(Oc2cccc(C)c2C)n1. The van der Waals surface area contributed by atoms with Crippen LogP contribution in [0.2, 0.25) is 0 Å². The highest BCUT2D eigenvalue weighted by Gasteiger charge is 2.07. The van der Waals surface area contributed by atoms with Gasteiger partial charge in [-0.25, -0.2) is 4.98 Å². The summed E-state index contributed by atoms with van der Waals surface area (Å²) in [5.74, 6) is 2.23. The minimum atomic E-state index is 0.582. The molecule has 1 heterocycles. The van der Waals surface area contributed by atoms with Crippen molar-refractivity contribution in [2.45, 2.75) is 33.6 Å². The van der Waals surface area contributed by atoms with Crippen LogP contribution in [0.5, 0.6) is 11.6 Å². The van der Waals surface area contributed by atoms with Gasteiger partial charge in [0.25, 0.3) is 0 Å². The second-order valence-electron chi connectivity index (χ2n) is 4.50. The maximum atomic E-state index is 5.88. The molecule has 4 heteroatoms. The smallest absolute Gasteiger partial charge is 0.223 e. The third-order valence-corrected chi connectivity index (χ3v) is 3.37. The molecule has 3 nitrogen and oxygen atoms in total. The summed E-state index contributed by atoms with van der Waals surface area (Å²) in [7, 11) is 0. The van der Waals surface area contributed by atoms with Gasteiger partial charge in [-0.1, -0.05) is 19.1 Å². The van der Waals surface area contributed by atoms with Crippen LogP contribution in [0.3, 0.4) is 0 Å². The first-order chi connectivity index (χ1) is 9.10. The minimum Gasteiger partial charge on any atom is -0.439 e. The molecule has 2 aromatic rings. The molecular formula is C15H17BrN2O. The van der Waals surface area contributed by atoms with Crippen LogP contribution in [-0.4, -0.2) is 9.97 Å². The quantitative estimate of drug-likeness (QED) is 0.772. The topological polar surface area (TPSA) is 35.0 Å². The number of benzene rings is 1. The molecule has 1 aromatic carbocycles. The van der Waals surface area contributed by atoms with E-state index in [1.165, 1.54) is 5.56 Å². The Bertz CT molecular complexity index is 584. The van der Waals surface area contributed by atoms with Crippen LogP contribution in [0.1, 0.15) is 30.3 Å². The molecule has 0 fully saturated rings. The van der Waals surface area contributed by atoms with Gasteiger partial charge in [-0.05, 0) is 53.4 Å². The van der Waals surface area contributed by atoms with Crippen LogP contribution in [-0.2, 0) is 6.42 Å². The largest absolute Gasteiger partial charge is 0.439 e. The summed E-state index contributed by atoms with van der Waals surface area (Å²) in [5.41, 5.74) is 2.34. The molecular weight excluding hydrogens is 304 g/mol. The lowest BCUT2D eigenvalue weighted by atomic mass is 10.1. The molecule has 0 bridgehead atoms. The fourth-order valence-electron chi connectivity index (χ4n) is 1.78. The number of rotatable bonds is 4. The number of hydrogen-bond acceptors (Lipinski definition) is 3. The third kappa shape index (κ3) is 3.53. The summed E-state index contributed by atoms with van der Waals surface area (Å²) in [4.78, 5) is 8.76. The molecule has 100 valence electrons. The molecule has 0 atom stereocenters. The first-order valence-electron chi connectivity index (χ1n) is 6.37. The van der Waals surface area contributed by atoms with Crippen molar-refractivity contribution in [3.8, 4) is 11.6 Å². The summed E-state index contributed by atoms with van der Waals surface area (Å²) in [6.45, 7) is 6.23. The molecule has 0 unspecified atom stereocenters. The van der Waals surface area contributed by atoms with Gasteiger partial charge in [0.05, 0.1) is 0 Å². The average molecular weight is 321 g/mol. The van der Waals surface area contributed by atoms with E-state index in [0.717, 1.165) is 34.6 Å². The Kier molecular flexibility index (Phi) is 4.53. The van der Waals surface area contributed by atoms with Gasteiger partial charge in [-0.2, -0.15) is 4.98 Å². The van der Waals surface area contributed by atoms with Gasteiger partial charge in [0, 0.05) is 12.5 Å². The molecule has 0 spiro atoms. The van der Waals surface area contributed by atoms with Gasteiger partial charge in [-0.15, -0.1) is 0 Å². The zero-order valence-corrected chi connectivity index (χ0v) is 13.0. The summed E-state index contributed by atoms with van der Waals surface area (Å²) in [5, 5.41) is 0. The first kappa shape index (κ1) is 14.0. The second kappa shape index (κ2) is 6.15.